The lowest BCUT2D eigenvalue weighted by Gasteiger charge is -2.15. The molecule has 0 spiro atoms. The van der Waals surface area contributed by atoms with Crippen LogP contribution in [-0.2, 0) is 9.53 Å². The maximum absolute atomic E-state index is 12.1. The first-order chi connectivity index (χ1) is 12.7. The summed E-state index contributed by atoms with van der Waals surface area (Å²) in [5.74, 6) is 0.422. The molecule has 0 atom stereocenters. The molecule has 26 heavy (non-hydrogen) atoms. The van der Waals surface area contributed by atoms with E-state index < -0.39 is 5.97 Å². The number of hydrogen-bond acceptors (Lipinski definition) is 6. The Bertz CT molecular complexity index is 817. The second kappa shape index (κ2) is 8.58. The van der Waals surface area contributed by atoms with Crippen molar-refractivity contribution in [3.8, 4) is 5.75 Å². The molecule has 0 fully saturated rings. The minimum atomic E-state index is -0.409. The van der Waals surface area contributed by atoms with E-state index in [4.69, 9.17) is 9.47 Å². The molecule has 0 amide bonds. The fourth-order valence-corrected chi connectivity index (χ4v) is 3.28. The number of esters is 1. The third-order valence-corrected chi connectivity index (χ3v) is 4.47. The topological polar surface area (TPSA) is 51.1 Å². The van der Waals surface area contributed by atoms with Gasteiger partial charge in [0.05, 0.1) is 18.9 Å². The molecular weight excluding hydrogens is 348 g/mol. The normalized spacial score (nSPS) is 15.1. The van der Waals surface area contributed by atoms with Crippen molar-refractivity contribution >= 4 is 34.5 Å². The van der Waals surface area contributed by atoms with E-state index in [1.54, 1.807) is 11.9 Å². The van der Waals surface area contributed by atoms with Gasteiger partial charge in [0, 0.05) is 0 Å². The maximum atomic E-state index is 12.1. The predicted octanol–water partition coefficient (Wildman–Crippen LogP) is 4.51. The van der Waals surface area contributed by atoms with Crippen molar-refractivity contribution in [3.05, 3.63) is 65.2 Å². The molecule has 0 bridgehead atoms. The molecule has 3 rings (SSSR count). The van der Waals surface area contributed by atoms with E-state index in [9.17, 15) is 4.79 Å². The van der Waals surface area contributed by atoms with Crippen LogP contribution in [0.4, 0.5) is 5.69 Å². The van der Waals surface area contributed by atoms with Crippen LogP contribution in [0.5, 0.6) is 5.75 Å². The second-order valence-corrected chi connectivity index (χ2v) is 6.37. The van der Waals surface area contributed by atoms with Gasteiger partial charge < -0.3 is 9.47 Å². The number of benzene rings is 2. The van der Waals surface area contributed by atoms with Gasteiger partial charge in [-0.05, 0) is 61.5 Å². The largest absolute Gasteiger partial charge is 0.494 e. The Balaban J connectivity index is 1.89. The summed E-state index contributed by atoms with van der Waals surface area (Å²) in [6.45, 7) is 4.69. The molecule has 0 radical (unpaired) electrons. The van der Waals surface area contributed by atoms with Crippen molar-refractivity contribution in [1.29, 1.82) is 0 Å². The summed E-state index contributed by atoms with van der Waals surface area (Å²) in [6.07, 6.45) is 1.99. The molecule has 5 nitrogen and oxygen atoms in total. The van der Waals surface area contributed by atoms with Crippen molar-refractivity contribution in [3.63, 3.8) is 0 Å². The summed E-state index contributed by atoms with van der Waals surface area (Å²) in [6, 6.07) is 17.5. The van der Waals surface area contributed by atoms with Crippen LogP contribution < -0.4 is 9.75 Å². The van der Waals surface area contributed by atoms with Gasteiger partial charge in [0.15, 0.2) is 0 Å². The lowest BCUT2D eigenvalue weighted by atomic mass is 10.2. The van der Waals surface area contributed by atoms with Crippen LogP contribution in [0.15, 0.2) is 64.7 Å². The molecule has 2 aromatic carbocycles. The smallest absolute Gasteiger partial charge is 0.365 e. The van der Waals surface area contributed by atoms with Gasteiger partial charge in [-0.2, -0.15) is 5.10 Å². The van der Waals surface area contributed by atoms with Gasteiger partial charge in [-0.3, -0.25) is 0 Å². The summed E-state index contributed by atoms with van der Waals surface area (Å²) in [5, 5.41) is 7.37. The van der Waals surface area contributed by atoms with Gasteiger partial charge in [-0.25, -0.2) is 9.80 Å². The molecule has 1 heterocycles. The first kappa shape index (κ1) is 18.1. The van der Waals surface area contributed by atoms with E-state index >= 15 is 0 Å². The lowest BCUT2D eigenvalue weighted by Crippen LogP contribution is -2.13. The lowest BCUT2D eigenvalue weighted by molar-refractivity contribution is -0.134. The van der Waals surface area contributed by atoms with Crippen molar-refractivity contribution in [2.45, 2.75) is 13.8 Å². The van der Waals surface area contributed by atoms with Crippen LogP contribution in [0.3, 0.4) is 0 Å². The highest BCUT2D eigenvalue weighted by Crippen LogP contribution is 2.36. The molecule has 6 heteroatoms. The van der Waals surface area contributed by atoms with E-state index in [0.29, 0.717) is 18.3 Å². The average molecular weight is 368 g/mol. The molecule has 134 valence electrons. The van der Waals surface area contributed by atoms with E-state index in [1.165, 1.54) is 11.8 Å². The highest BCUT2D eigenvalue weighted by molar-refractivity contribution is 8.19. The van der Waals surface area contributed by atoms with E-state index in [2.05, 4.69) is 5.10 Å². The Morgan fingerprint density at radius 3 is 2.46 bits per heavy atom. The third kappa shape index (κ3) is 4.26. The van der Waals surface area contributed by atoms with Gasteiger partial charge in [0.2, 0.25) is 5.04 Å². The number of para-hydroxylation sites is 1. The van der Waals surface area contributed by atoms with Crippen LogP contribution >= 0.6 is 11.8 Å². The van der Waals surface area contributed by atoms with Gasteiger partial charge in [-0.15, -0.1) is 0 Å². The monoisotopic (exact) mass is 368 g/mol. The number of hydrazone groups is 1. The number of hydrogen-bond donors (Lipinski definition) is 0. The molecule has 2 aromatic rings. The van der Waals surface area contributed by atoms with Crippen molar-refractivity contribution < 1.29 is 14.3 Å². The highest BCUT2D eigenvalue weighted by atomic mass is 32.2. The zero-order valence-electron chi connectivity index (χ0n) is 14.7. The Kier molecular flexibility index (Phi) is 5.96. The number of nitrogens with zero attached hydrogens (tertiary/aromatic N) is 2. The van der Waals surface area contributed by atoms with Gasteiger partial charge in [0.25, 0.3) is 0 Å². The van der Waals surface area contributed by atoms with Crippen LogP contribution in [0, 0.1) is 0 Å². The molecular formula is C20H20N2O3S. The number of rotatable bonds is 6. The molecule has 0 N–H and O–H groups in total. The first-order valence-corrected chi connectivity index (χ1v) is 9.26. The fourth-order valence-electron chi connectivity index (χ4n) is 2.39. The zero-order chi connectivity index (χ0) is 18.4. The van der Waals surface area contributed by atoms with E-state index in [0.717, 1.165) is 22.0 Å². The van der Waals surface area contributed by atoms with Crippen molar-refractivity contribution in [2.24, 2.45) is 5.10 Å². The Morgan fingerprint density at radius 2 is 1.81 bits per heavy atom. The van der Waals surface area contributed by atoms with Crippen LogP contribution in [0.25, 0.3) is 6.08 Å². The molecule has 0 saturated heterocycles. The molecule has 1 aliphatic rings. The molecule has 0 aromatic heterocycles. The van der Waals surface area contributed by atoms with Crippen LogP contribution in [0.2, 0.25) is 0 Å². The minimum absolute atomic E-state index is 0.321. The Hall–Kier alpha value is -2.73. The standard InChI is InChI=1S/C20H20N2O3S/c1-3-24-17-12-10-15(11-13-17)14-18-22(16-8-6-5-7-9-16)21-19(26-18)20(23)25-4-2/h5-14H,3-4H2,1-2H3. The number of anilines is 1. The van der Waals surface area contributed by atoms with E-state index in [-0.39, 0.29) is 0 Å². The maximum Gasteiger partial charge on any atom is 0.365 e. The molecule has 0 saturated carbocycles. The molecule has 1 aliphatic heterocycles. The zero-order valence-corrected chi connectivity index (χ0v) is 15.5. The number of carbonyl (C=O) groups is 1. The summed E-state index contributed by atoms with van der Waals surface area (Å²) < 4.78 is 10.6. The number of carbonyl (C=O) groups excluding carboxylic acids is 1. The van der Waals surface area contributed by atoms with Crippen LogP contribution in [-0.4, -0.2) is 24.2 Å². The van der Waals surface area contributed by atoms with Gasteiger partial charge >= 0.3 is 5.97 Å². The Morgan fingerprint density at radius 1 is 1.08 bits per heavy atom. The molecule has 0 aliphatic carbocycles. The Labute approximate surface area is 157 Å². The minimum Gasteiger partial charge on any atom is -0.494 e. The number of ether oxygens (including phenoxy) is 2. The van der Waals surface area contributed by atoms with Crippen LogP contribution in [0.1, 0.15) is 19.4 Å². The quantitative estimate of drug-likeness (QED) is 0.702. The van der Waals surface area contributed by atoms with Crippen molar-refractivity contribution in [2.75, 3.05) is 18.2 Å². The van der Waals surface area contributed by atoms with Gasteiger partial charge in [-0.1, -0.05) is 30.3 Å². The average Bonchev–Trinajstić information content (AvgIpc) is 3.08. The summed E-state index contributed by atoms with van der Waals surface area (Å²) in [7, 11) is 0. The highest BCUT2D eigenvalue weighted by Gasteiger charge is 2.28. The fraction of sp³-hybridized carbons (Fsp3) is 0.200. The molecule has 0 unspecified atom stereocenters. The predicted molar refractivity (Wildman–Crippen MR) is 106 cm³/mol. The van der Waals surface area contributed by atoms with Crippen molar-refractivity contribution in [1.82, 2.24) is 0 Å². The second-order valence-electron chi connectivity index (χ2n) is 5.36. The summed E-state index contributed by atoms with van der Waals surface area (Å²) in [4.78, 5) is 12.1. The first-order valence-electron chi connectivity index (χ1n) is 8.44. The SMILES string of the molecule is CCOC(=O)C1=NN(c2ccccc2)C(=Cc2ccc(OCC)cc2)S1. The third-order valence-electron chi connectivity index (χ3n) is 3.53. The number of thioether (sulfide) groups is 1. The summed E-state index contributed by atoms with van der Waals surface area (Å²) in [5.41, 5.74) is 1.88. The van der Waals surface area contributed by atoms with E-state index in [1.807, 2.05) is 67.6 Å². The van der Waals surface area contributed by atoms with Gasteiger partial charge in [0.1, 0.15) is 10.8 Å². The summed E-state index contributed by atoms with van der Waals surface area (Å²) >= 11 is 1.30.